The standard InChI is InChI=1S/C18H30N2O/c1-17(2)21-16-15-20-13-11-19(12-14-20)10-6-9-18-7-4-3-5-8-18/h3-5,7-8,17H,6,9-16H2,1-2H3. The van der Waals surface area contributed by atoms with Crippen molar-refractivity contribution in [1.82, 2.24) is 9.80 Å². The molecule has 0 unspecified atom stereocenters. The SMILES string of the molecule is CC(C)OCCN1CCN(CCCc2ccccc2)CC1. The van der Waals surface area contributed by atoms with Crippen LogP contribution in [0.25, 0.3) is 0 Å². The van der Waals surface area contributed by atoms with Crippen molar-refractivity contribution in [1.29, 1.82) is 0 Å². The monoisotopic (exact) mass is 290 g/mol. The summed E-state index contributed by atoms with van der Waals surface area (Å²) in [7, 11) is 0. The molecular weight excluding hydrogens is 260 g/mol. The molecule has 1 aliphatic rings. The van der Waals surface area contributed by atoms with Gasteiger partial charge in [0.25, 0.3) is 0 Å². The van der Waals surface area contributed by atoms with E-state index < -0.39 is 0 Å². The van der Waals surface area contributed by atoms with Crippen LogP contribution in [0.5, 0.6) is 0 Å². The number of ether oxygens (including phenoxy) is 1. The molecule has 118 valence electrons. The maximum Gasteiger partial charge on any atom is 0.0596 e. The van der Waals surface area contributed by atoms with Gasteiger partial charge in [0.05, 0.1) is 12.7 Å². The van der Waals surface area contributed by atoms with Gasteiger partial charge in [-0.2, -0.15) is 0 Å². The number of rotatable bonds is 8. The van der Waals surface area contributed by atoms with E-state index >= 15 is 0 Å². The van der Waals surface area contributed by atoms with Crippen molar-refractivity contribution in [3.05, 3.63) is 35.9 Å². The van der Waals surface area contributed by atoms with Crippen LogP contribution in [0.3, 0.4) is 0 Å². The molecule has 1 saturated heterocycles. The Bertz CT molecular complexity index is 372. The molecule has 1 aliphatic heterocycles. The summed E-state index contributed by atoms with van der Waals surface area (Å²) in [6, 6.07) is 10.8. The van der Waals surface area contributed by atoms with Crippen molar-refractivity contribution < 1.29 is 4.74 Å². The molecule has 1 heterocycles. The average molecular weight is 290 g/mol. The average Bonchev–Trinajstić information content (AvgIpc) is 2.50. The van der Waals surface area contributed by atoms with Gasteiger partial charge in [0.1, 0.15) is 0 Å². The van der Waals surface area contributed by atoms with E-state index in [1.54, 1.807) is 0 Å². The third-order valence-corrected chi connectivity index (χ3v) is 4.11. The Morgan fingerprint density at radius 2 is 1.57 bits per heavy atom. The molecule has 0 atom stereocenters. The highest BCUT2D eigenvalue weighted by Crippen LogP contribution is 2.06. The first-order valence-electron chi connectivity index (χ1n) is 8.34. The Labute approximate surface area is 129 Å². The summed E-state index contributed by atoms with van der Waals surface area (Å²) in [6.45, 7) is 12.2. The summed E-state index contributed by atoms with van der Waals surface area (Å²) in [5.41, 5.74) is 1.46. The molecule has 0 N–H and O–H groups in total. The van der Waals surface area contributed by atoms with E-state index in [-0.39, 0.29) is 0 Å². The maximum absolute atomic E-state index is 5.63. The molecule has 21 heavy (non-hydrogen) atoms. The van der Waals surface area contributed by atoms with Gasteiger partial charge in [0, 0.05) is 32.7 Å². The van der Waals surface area contributed by atoms with Gasteiger partial charge >= 0.3 is 0 Å². The second-order valence-corrected chi connectivity index (χ2v) is 6.19. The van der Waals surface area contributed by atoms with Gasteiger partial charge in [-0.05, 0) is 38.8 Å². The fraction of sp³-hybridized carbons (Fsp3) is 0.667. The van der Waals surface area contributed by atoms with Crippen LogP contribution in [-0.2, 0) is 11.2 Å². The molecule has 3 nitrogen and oxygen atoms in total. The number of benzene rings is 1. The van der Waals surface area contributed by atoms with Crippen LogP contribution in [0.2, 0.25) is 0 Å². The van der Waals surface area contributed by atoms with Crippen LogP contribution in [0, 0.1) is 0 Å². The molecule has 0 radical (unpaired) electrons. The number of aryl methyl sites for hydroxylation is 1. The lowest BCUT2D eigenvalue weighted by Gasteiger charge is -2.34. The van der Waals surface area contributed by atoms with E-state index in [0.717, 1.165) is 13.2 Å². The van der Waals surface area contributed by atoms with Crippen LogP contribution < -0.4 is 0 Å². The van der Waals surface area contributed by atoms with Crippen LogP contribution in [0.1, 0.15) is 25.8 Å². The highest BCUT2D eigenvalue weighted by atomic mass is 16.5. The molecule has 0 bridgehead atoms. The van der Waals surface area contributed by atoms with Crippen molar-refractivity contribution in [2.75, 3.05) is 45.9 Å². The number of hydrogen-bond acceptors (Lipinski definition) is 3. The topological polar surface area (TPSA) is 15.7 Å². The zero-order valence-electron chi connectivity index (χ0n) is 13.6. The largest absolute Gasteiger partial charge is 0.377 e. The predicted octanol–water partition coefficient (Wildman–Crippen LogP) is 2.66. The lowest BCUT2D eigenvalue weighted by molar-refractivity contribution is 0.0447. The Kier molecular flexibility index (Phi) is 7.20. The summed E-state index contributed by atoms with van der Waals surface area (Å²) in [4.78, 5) is 5.12. The first kappa shape index (κ1) is 16.5. The van der Waals surface area contributed by atoms with Gasteiger partial charge in [-0.25, -0.2) is 0 Å². The Hall–Kier alpha value is -0.900. The fourth-order valence-electron chi connectivity index (χ4n) is 2.81. The Morgan fingerprint density at radius 3 is 2.19 bits per heavy atom. The maximum atomic E-state index is 5.63. The molecule has 0 saturated carbocycles. The first-order valence-corrected chi connectivity index (χ1v) is 8.34. The van der Waals surface area contributed by atoms with Crippen molar-refractivity contribution in [3.63, 3.8) is 0 Å². The Balaban J connectivity index is 1.55. The number of nitrogens with zero attached hydrogens (tertiary/aromatic N) is 2. The molecular formula is C18H30N2O. The van der Waals surface area contributed by atoms with E-state index in [2.05, 4.69) is 54.0 Å². The van der Waals surface area contributed by atoms with Crippen molar-refractivity contribution in [2.24, 2.45) is 0 Å². The zero-order valence-corrected chi connectivity index (χ0v) is 13.6. The number of hydrogen-bond donors (Lipinski definition) is 0. The summed E-state index contributed by atoms with van der Waals surface area (Å²) in [5, 5.41) is 0. The smallest absolute Gasteiger partial charge is 0.0596 e. The highest BCUT2D eigenvalue weighted by Gasteiger charge is 2.16. The minimum atomic E-state index is 0.351. The molecule has 2 rings (SSSR count). The van der Waals surface area contributed by atoms with Crippen LogP contribution in [0.15, 0.2) is 30.3 Å². The quantitative estimate of drug-likeness (QED) is 0.732. The van der Waals surface area contributed by atoms with Crippen molar-refractivity contribution >= 4 is 0 Å². The van der Waals surface area contributed by atoms with Gasteiger partial charge in [0.2, 0.25) is 0 Å². The summed E-state index contributed by atoms with van der Waals surface area (Å²) < 4.78 is 5.63. The summed E-state index contributed by atoms with van der Waals surface area (Å²) >= 11 is 0. The van der Waals surface area contributed by atoms with E-state index in [1.165, 1.54) is 51.1 Å². The summed E-state index contributed by atoms with van der Waals surface area (Å²) in [5.74, 6) is 0. The molecule has 1 aromatic carbocycles. The molecule has 3 heteroatoms. The van der Waals surface area contributed by atoms with E-state index in [0.29, 0.717) is 6.10 Å². The van der Waals surface area contributed by atoms with Gasteiger partial charge in [-0.1, -0.05) is 30.3 Å². The minimum Gasteiger partial charge on any atom is -0.377 e. The molecule has 0 spiro atoms. The molecule has 0 aliphatic carbocycles. The van der Waals surface area contributed by atoms with Crippen molar-refractivity contribution in [2.45, 2.75) is 32.8 Å². The third-order valence-electron chi connectivity index (χ3n) is 4.11. The van der Waals surface area contributed by atoms with E-state index in [9.17, 15) is 0 Å². The van der Waals surface area contributed by atoms with Gasteiger partial charge in [-0.3, -0.25) is 4.90 Å². The molecule has 0 aromatic heterocycles. The van der Waals surface area contributed by atoms with E-state index in [4.69, 9.17) is 4.74 Å². The predicted molar refractivity (Wildman–Crippen MR) is 88.7 cm³/mol. The first-order chi connectivity index (χ1) is 10.2. The minimum absolute atomic E-state index is 0.351. The number of piperazine rings is 1. The molecule has 1 fully saturated rings. The summed E-state index contributed by atoms with van der Waals surface area (Å²) in [6.07, 6.45) is 2.81. The second-order valence-electron chi connectivity index (χ2n) is 6.19. The van der Waals surface area contributed by atoms with Crippen LogP contribution in [0.4, 0.5) is 0 Å². The lowest BCUT2D eigenvalue weighted by Crippen LogP contribution is -2.47. The van der Waals surface area contributed by atoms with Gasteiger partial charge < -0.3 is 9.64 Å². The fourth-order valence-corrected chi connectivity index (χ4v) is 2.81. The van der Waals surface area contributed by atoms with Crippen molar-refractivity contribution in [3.8, 4) is 0 Å². The third kappa shape index (κ3) is 6.60. The van der Waals surface area contributed by atoms with Crippen LogP contribution >= 0.6 is 0 Å². The lowest BCUT2D eigenvalue weighted by atomic mass is 10.1. The Morgan fingerprint density at radius 1 is 0.952 bits per heavy atom. The molecule has 0 amide bonds. The second kappa shape index (κ2) is 9.19. The highest BCUT2D eigenvalue weighted by molar-refractivity contribution is 5.14. The van der Waals surface area contributed by atoms with Gasteiger partial charge in [0.15, 0.2) is 0 Å². The zero-order chi connectivity index (χ0) is 14.9. The molecule has 1 aromatic rings. The van der Waals surface area contributed by atoms with Gasteiger partial charge in [-0.15, -0.1) is 0 Å². The van der Waals surface area contributed by atoms with E-state index in [1.807, 2.05) is 0 Å². The normalized spacial score (nSPS) is 17.5. The van der Waals surface area contributed by atoms with Crippen LogP contribution in [-0.4, -0.2) is 61.8 Å².